The molecule has 0 saturated carbocycles. The summed E-state index contributed by atoms with van der Waals surface area (Å²) in [7, 11) is -1.61. The predicted molar refractivity (Wildman–Crippen MR) is 108 cm³/mol. The summed E-state index contributed by atoms with van der Waals surface area (Å²) in [4.78, 5) is 6.39. The van der Waals surface area contributed by atoms with Crippen molar-refractivity contribution in [2.75, 3.05) is 37.8 Å². The summed E-state index contributed by atoms with van der Waals surface area (Å²) in [5, 5.41) is 6.56. The largest absolute Gasteiger partial charge is 0.369 e. The molecule has 1 saturated heterocycles. The Labute approximate surface area is 161 Å². The van der Waals surface area contributed by atoms with Crippen LogP contribution < -0.4 is 20.3 Å². The van der Waals surface area contributed by atoms with Gasteiger partial charge in [-0.15, -0.1) is 0 Å². The van der Waals surface area contributed by atoms with Crippen molar-refractivity contribution in [3.63, 3.8) is 0 Å². The molecule has 0 bridgehead atoms. The van der Waals surface area contributed by atoms with Gasteiger partial charge in [0, 0.05) is 44.0 Å². The van der Waals surface area contributed by atoms with Crippen LogP contribution in [0.2, 0.25) is 0 Å². The molecule has 7 nitrogen and oxygen atoms in total. The van der Waals surface area contributed by atoms with Crippen LogP contribution in [-0.4, -0.2) is 58.9 Å². The van der Waals surface area contributed by atoms with E-state index in [0.717, 1.165) is 37.9 Å². The Balaban J connectivity index is 1.92. The number of guanidine groups is 1. The van der Waals surface area contributed by atoms with Crippen LogP contribution in [0.25, 0.3) is 0 Å². The molecule has 1 atom stereocenters. The molecule has 1 heterocycles. The maximum atomic E-state index is 13.5. The van der Waals surface area contributed by atoms with Crippen molar-refractivity contribution < 1.29 is 12.8 Å². The second-order valence-electron chi connectivity index (χ2n) is 7.59. The fraction of sp³-hybridized carbons (Fsp3) is 0.611. The van der Waals surface area contributed by atoms with E-state index >= 15 is 0 Å². The van der Waals surface area contributed by atoms with Gasteiger partial charge in [0.25, 0.3) is 0 Å². The number of sulfonamides is 1. The van der Waals surface area contributed by atoms with Crippen molar-refractivity contribution in [2.24, 2.45) is 4.99 Å². The van der Waals surface area contributed by atoms with Crippen molar-refractivity contribution in [3.05, 3.63) is 30.1 Å². The summed E-state index contributed by atoms with van der Waals surface area (Å²) in [5.74, 6) is 0.380. The lowest BCUT2D eigenvalue weighted by Gasteiger charge is -2.36. The van der Waals surface area contributed by atoms with Gasteiger partial charge in [-0.3, -0.25) is 4.99 Å². The lowest BCUT2D eigenvalue weighted by atomic mass is 10.0. The van der Waals surface area contributed by atoms with Gasteiger partial charge < -0.3 is 15.5 Å². The van der Waals surface area contributed by atoms with E-state index in [9.17, 15) is 12.8 Å². The summed E-state index contributed by atoms with van der Waals surface area (Å²) in [5.41, 5.74) is 0.230. The van der Waals surface area contributed by atoms with E-state index in [1.54, 1.807) is 33.0 Å². The first-order valence-corrected chi connectivity index (χ1v) is 10.9. The average Bonchev–Trinajstić information content (AvgIpc) is 2.57. The van der Waals surface area contributed by atoms with Crippen LogP contribution in [0.5, 0.6) is 0 Å². The number of nitrogens with zero attached hydrogens (tertiary/aromatic N) is 2. The molecule has 0 amide bonds. The van der Waals surface area contributed by atoms with Gasteiger partial charge in [0.05, 0.1) is 6.26 Å². The van der Waals surface area contributed by atoms with Crippen LogP contribution >= 0.6 is 0 Å². The lowest BCUT2D eigenvalue weighted by molar-refractivity contribution is 0.436. The number of aliphatic imine (C=N–C) groups is 1. The quantitative estimate of drug-likeness (QED) is 0.496. The van der Waals surface area contributed by atoms with Gasteiger partial charge in [0.2, 0.25) is 10.0 Å². The molecule has 1 aromatic carbocycles. The number of piperidine rings is 1. The molecule has 9 heteroatoms. The van der Waals surface area contributed by atoms with E-state index in [0.29, 0.717) is 12.5 Å². The molecule has 152 valence electrons. The molecule has 0 radical (unpaired) electrons. The average molecular weight is 400 g/mol. The van der Waals surface area contributed by atoms with Crippen LogP contribution in [0, 0.1) is 5.82 Å². The molecular formula is C18H30FN5O2S. The summed E-state index contributed by atoms with van der Waals surface area (Å²) < 4.78 is 39.0. The van der Waals surface area contributed by atoms with Crippen LogP contribution in [0.1, 0.15) is 26.7 Å². The van der Waals surface area contributed by atoms with Crippen molar-refractivity contribution >= 4 is 21.7 Å². The van der Waals surface area contributed by atoms with Gasteiger partial charge in [-0.1, -0.05) is 6.07 Å². The Hall–Kier alpha value is -1.87. The number of hydrogen-bond donors (Lipinski definition) is 3. The Morgan fingerprint density at radius 1 is 1.41 bits per heavy atom. The molecular weight excluding hydrogens is 369 g/mol. The van der Waals surface area contributed by atoms with Gasteiger partial charge in [0.1, 0.15) is 5.82 Å². The van der Waals surface area contributed by atoms with Gasteiger partial charge in [-0.25, -0.2) is 17.5 Å². The van der Waals surface area contributed by atoms with Crippen molar-refractivity contribution in [1.29, 1.82) is 0 Å². The van der Waals surface area contributed by atoms with Crippen LogP contribution in [0.3, 0.4) is 0 Å². The second kappa shape index (κ2) is 8.88. The van der Waals surface area contributed by atoms with Crippen LogP contribution in [0.4, 0.5) is 10.1 Å². The standard InChI is InChI=1S/C18H30FN5O2S/c1-18(2,23-27(4,25)26)13-21-17(20-3)22-15-8-6-10-24(12-15)16-9-5-7-14(19)11-16/h5,7,9,11,15,23H,6,8,10,12-13H2,1-4H3,(H2,20,21,22). The van der Waals surface area contributed by atoms with E-state index in [2.05, 4.69) is 25.2 Å². The summed E-state index contributed by atoms with van der Waals surface area (Å²) in [6.07, 6.45) is 3.12. The molecule has 1 aliphatic heterocycles. The molecule has 1 aromatic rings. The summed E-state index contributed by atoms with van der Waals surface area (Å²) in [6.45, 7) is 5.63. The normalized spacial score (nSPS) is 19.1. The minimum Gasteiger partial charge on any atom is -0.369 e. The zero-order chi connectivity index (χ0) is 20.1. The van der Waals surface area contributed by atoms with Gasteiger partial charge in [-0.05, 0) is 44.9 Å². The summed E-state index contributed by atoms with van der Waals surface area (Å²) in [6, 6.07) is 6.80. The fourth-order valence-electron chi connectivity index (χ4n) is 3.23. The Bertz CT molecular complexity index is 767. The van der Waals surface area contributed by atoms with E-state index in [-0.39, 0.29) is 11.9 Å². The van der Waals surface area contributed by atoms with Gasteiger partial charge in [-0.2, -0.15) is 0 Å². The SMILES string of the molecule is CN=C(NCC(C)(C)NS(C)(=O)=O)NC1CCCN(c2cccc(F)c2)C1. The number of nitrogens with one attached hydrogen (secondary N) is 3. The molecule has 27 heavy (non-hydrogen) atoms. The first-order chi connectivity index (χ1) is 12.6. The number of anilines is 1. The highest BCUT2D eigenvalue weighted by Crippen LogP contribution is 2.20. The lowest BCUT2D eigenvalue weighted by Crippen LogP contribution is -2.56. The zero-order valence-electron chi connectivity index (χ0n) is 16.4. The maximum Gasteiger partial charge on any atom is 0.209 e. The van der Waals surface area contributed by atoms with Crippen molar-refractivity contribution in [3.8, 4) is 0 Å². The maximum absolute atomic E-state index is 13.5. The highest BCUT2D eigenvalue weighted by Gasteiger charge is 2.24. The smallest absolute Gasteiger partial charge is 0.209 e. The van der Waals surface area contributed by atoms with Crippen molar-refractivity contribution in [2.45, 2.75) is 38.3 Å². The zero-order valence-corrected chi connectivity index (χ0v) is 17.2. The number of hydrogen-bond acceptors (Lipinski definition) is 4. The topological polar surface area (TPSA) is 85.8 Å². The monoisotopic (exact) mass is 399 g/mol. The highest BCUT2D eigenvalue weighted by atomic mass is 32.2. The fourth-order valence-corrected chi connectivity index (χ4v) is 4.31. The first-order valence-electron chi connectivity index (χ1n) is 9.05. The molecule has 1 aliphatic rings. The molecule has 0 aliphatic carbocycles. The Morgan fingerprint density at radius 2 is 2.15 bits per heavy atom. The third-order valence-corrected chi connectivity index (χ3v) is 5.24. The molecule has 2 rings (SSSR count). The molecule has 1 fully saturated rings. The van der Waals surface area contributed by atoms with Crippen LogP contribution in [-0.2, 0) is 10.0 Å². The number of benzene rings is 1. The Kier molecular flexibility index (Phi) is 7.05. The third-order valence-electron chi connectivity index (χ3n) is 4.32. The van der Waals surface area contributed by atoms with Gasteiger partial charge >= 0.3 is 0 Å². The third kappa shape index (κ3) is 7.34. The second-order valence-corrected chi connectivity index (χ2v) is 9.34. The van der Waals surface area contributed by atoms with E-state index in [1.807, 2.05) is 6.07 Å². The molecule has 1 unspecified atom stereocenters. The predicted octanol–water partition coefficient (Wildman–Crippen LogP) is 1.29. The number of rotatable bonds is 6. The van der Waals surface area contributed by atoms with Crippen molar-refractivity contribution in [1.82, 2.24) is 15.4 Å². The van der Waals surface area contributed by atoms with E-state index < -0.39 is 15.6 Å². The summed E-state index contributed by atoms with van der Waals surface area (Å²) >= 11 is 0. The molecule has 3 N–H and O–H groups in total. The van der Waals surface area contributed by atoms with Crippen LogP contribution in [0.15, 0.2) is 29.3 Å². The minimum absolute atomic E-state index is 0.166. The van der Waals surface area contributed by atoms with E-state index in [1.165, 1.54) is 6.07 Å². The van der Waals surface area contributed by atoms with Gasteiger partial charge in [0.15, 0.2) is 5.96 Å². The highest BCUT2D eigenvalue weighted by molar-refractivity contribution is 7.88. The minimum atomic E-state index is -3.29. The van der Waals surface area contributed by atoms with E-state index in [4.69, 9.17) is 0 Å². The number of halogens is 1. The molecule has 0 spiro atoms. The Morgan fingerprint density at radius 3 is 2.78 bits per heavy atom. The first kappa shape index (κ1) is 21.4. The molecule has 0 aromatic heterocycles.